The van der Waals surface area contributed by atoms with Crippen LogP contribution in [0, 0.1) is 12.7 Å². The summed E-state index contributed by atoms with van der Waals surface area (Å²) in [5.74, 6) is -2.06. The van der Waals surface area contributed by atoms with E-state index < -0.39 is 21.6 Å². The van der Waals surface area contributed by atoms with E-state index in [4.69, 9.17) is 5.11 Å². The maximum Gasteiger partial charge on any atom is 0.345 e. The van der Waals surface area contributed by atoms with E-state index in [1.165, 1.54) is 18.2 Å². The van der Waals surface area contributed by atoms with Crippen LogP contribution < -0.4 is 0 Å². The number of hydrogen-bond donors (Lipinski definition) is 1. The second-order valence-electron chi connectivity index (χ2n) is 4.21. The Labute approximate surface area is 119 Å². The van der Waals surface area contributed by atoms with Crippen molar-refractivity contribution >= 4 is 27.1 Å². The first kappa shape index (κ1) is 14.7. The monoisotopic (exact) mass is 314 g/mol. The molecular weight excluding hydrogens is 303 g/mol. The average molecular weight is 314 g/mol. The Morgan fingerprint density at radius 1 is 1.35 bits per heavy atom. The van der Waals surface area contributed by atoms with Crippen LogP contribution in [0.4, 0.5) is 4.39 Å². The van der Waals surface area contributed by atoms with Crippen molar-refractivity contribution in [3.8, 4) is 0 Å². The minimum atomic E-state index is -3.70. The highest BCUT2D eigenvalue weighted by atomic mass is 32.2. The van der Waals surface area contributed by atoms with Crippen molar-refractivity contribution in [3.63, 3.8) is 0 Å². The van der Waals surface area contributed by atoms with E-state index in [-0.39, 0.29) is 15.5 Å². The molecule has 0 bridgehead atoms. The summed E-state index contributed by atoms with van der Waals surface area (Å²) >= 11 is 1.02. The number of carboxylic acids is 1. The van der Waals surface area contributed by atoms with Crippen LogP contribution in [0.15, 0.2) is 35.2 Å². The Bertz CT molecular complexity index is 762. The lowest BCUT2D eigenvalue weighted by atomic mass is 10.3. The van der Waals surface area contributed by atoms with Crippen LogP contribution in [0.3, 0.4) is 0 Å². The van der Waals surface area contributed by atoms with Crippen LogP contribution in [0.1, 0.15) is 20.1 Å². The predicted octanol–water partition coefficient (Wildman–Crippen LogP) is 2.87. The smallest absolute Gasteiger partial charge is 0.345 e. The van der Waals surface area contributed by atoms with Gasteiger partial charge in [0.15, 0.2) is 9.84 Å². The van der Waals surface area contributed by atoms with E-state index in [9.17, 15) is 17.6 Å². The van der Waals surface area contributed by atoms with Gasteiger partial charge in [0.05, 0.1) is 10.6 Å². The summed E-state index contributed by atoms with van der Waals surface area (Å²) in [5, 5.41) is 8.89. The van der Waals surface area contributed by atoms with Gasteiger partial charge in [0, 0.05) is 4.88 Å². The minimum Gasteiger partial charge on any atom is -0.477 e. The van der Waals surface area contributed by atoms with Crippen molar-refractivity contribution in [3.05, 3.63) is 51.5 Å². The molecule has 0 aliphatic carbocycles. The molecule has 1 aromatic carbocycles. The zero-order valence-electron chi connectivity index (χ0n) is 10.5. The number of aryl methyl sites for hydroxylation is 1. The van der Waals surface area contributed by atoms with Gasteiger partial charge in [-0.25, -0.2) is 17.6 Å². The molecule has 0 radical (unpaired) electrons. The molecule has 0 fully saturated rings. The number of sulfone groups is 1. The largest absolute Gasteiger partial charge is 0.477 e. The summed E-state index contributed by atoms with van der Waals surface area (Å²) in [6, 6.07) is 6.11. The zero-order chi connectivity index (χ0) is 14.9. The van der Waals surface area contributed by atoms with Crippen LogP contribution in [-0.2, 0) is 15.6 Å². The quantitative estimate of drug-likeness (QED) is 0.942. The minimum absolute atomic E-state index is 0.0898. The van der Waals surface area contributed by atoms with Crippen molar-refractivity contribution in [2.24, 2.45) is 0 Å². The van der Waals surface area contributed by atoms with Crippen molar-refractivity contribution < 1.29 is 22.7 Å². The summed E-state index contributed by atoms with van der Waals surface area (Å²) in [5.41, 5.74) is 0.427. The van der Waals surface area contributed by atoms with Crippen LogP contribution >= 0.6 is 11.3 Å². The zero-order valence-corrected chi connectivity index (χ0v) is 12.1. The average Bonchev–Trinajstić information content (AvgIpc) is 2.70. The fraction of sp³-hybridized carbons (Fsp3) is 0.154. The summed E-state index contributed by atoms with van der Waals surface area (Å²) in [6.45, 7) is 1.66. The first-order valence-corrected chi connectivity index (χ1v) is 8.07. The van der Waals surface area contributed by atoms with Gasteiger partial charge in [-0.05, 0) is 36.8 Å². The summed E-state index contributed by atoms with van der Waals surface area (Å²) in [7, 11) is -3.70. The van der Waals surface area contributed by atoms with E-state index in [2.05, 4.69) is 0 Å². The number of carbonyl (C=O) groups is 1. The third-order valence-corrected chi connectivity index (χ3v) is 5.48. The first-order chi connectivity index (χ1) is 9.29. The lowest BCUT2D eigenvalue weighted by molar-refractivity contribution is 0.0702. The molecular formula is C13H11FO4S2. The molecule has 0 aliphatic heterocycles. The van der Waals surface area contributed by atoms with Gasteiger partial charge in [0.1, 0.15) is 10.7 Å². The molecule has 20 heavy (non-hydrogen) atoms. The maximum absolute atomic E-state index is 13.1. The number of aromatic carboxylic acids is 1. The van der Waals surface area contributed by atoms with Crippen molar-refractivity contribution in [1.29, 1.82) is 0 Å². The highest BCUT2D eigenvalue weighted by Crippen LogP contribution is 2.26. The van der Waals surface area contributed by atoms with E-state index in [0.717, 1.165) is 23.5 Å². The number of benzene rings is 1. The molecule has 7 heteroatoms. The van der Waals surface area contributed by atoms with E-state index in [1.807, 2.05) is 0 Å². The van der Waals surface area contributed by atoms with Gasteiger partial charge in [-0.15, -0.1) is 11.3 Å². The Morgan fingerprint density at radius 2 is 2.05 bits per heavy atom. The topological polar surface area (TPSA) is 71.4 Å². The van der Waals surface area contributed by atoms with Crippen molar-refractivity contribution in [2.45, 2.75) is 17.6 Å². The SMILES string of the molecule is Cc1sc(C(=O)O)cc1CS(=O)(=O)c1cccc(F)c1. The molecule has 0 spiro atoms. The fourth-order valence-corrected chi connectivity index (χ4v) is 4.14. The van der Waals surface area contributed by atoms with Crippen LogP contribution in [0.25, 0.3) is 0 Å². The van der Waals surface area contributed by atoms with Gasteiger partial charge in [-0.1, -0.05) is 6.07 Å². The highest BCUT2D eigenvalue weighted by Gasteiger charge is 2.20. The Kier molecular flexibility index (Phi) is 3.92. The molecule has 0 saturated heterocycles. The summed E-state index contributed by atoms with van der Waals surface area (Å²) < 4.78 is 37.4. The molecule has 4 nitrogen and oxygen atoms in total. The molecule has 0 aliphatic rings. The van der Waals surface area contributed by atoms with Gasteiger partial charge < -0.3 is 5.11 Å². The summed E-state index contributed by atoms with van der Waals surface area (Å²) in [6.07, 6.45) is 0. The Morgan fingerprint density at radius 3 is 2.60 bits per heavy atom. The highest BCUT2D eigenvalue weighted by molar-refractivity contribution is 7.90. The van der Waals surface area contributed by atoms with Gasteiger partial charge in [-0.3, -0.25) is 0 Å². The van der Waals surface area contributed by atoms with Gasteiger partial charge in [0.2, 0.25) is 0 Å². The molecule has 1 heterocycles. The molecule has 0 amide bonds. The van der Waals surface area contributed by atoms with Gasteiger partial charge in [0.25, 0.3) is 0 Å². The number of halogens is 1. The normalized spacial score (nSPS) is 11.5. The van der Waals surface area contributed by atoms with Crippen molar-refractivity contribution in [1.82, 2.24) is 0 Å². The Balaban J connectivity index is 2.36. The Hall–Kier alpha value is -1.73. The lowest BCUT2D eigenvalue weighted by Gasteiger charge is -2.04. The van der Waals surface area contributed by atoms with Crippen LogP contribution in [0.5, 0.6) is 0 Å². The van der Waals surface area contributed by atoms with Gasteiger partial charge in [-0.2, -0.15) is 0 Å². The summed E-state index contributed by atoms with van der Waals surface area (Å²) in [4.78, 5) is 11.5. The first-order valence-electron chi connectivity index (χ1n) is 5.60. The van der Waals surface area contributed by atoms with E-state index >= 15 is 0 Å². The molecule has 0 unspecified atom stereocenters. The second kappa shape index (κ2) is 5.34. The van der Waals surface area contributed by atoms with Crippen LogP contribution in [-0.4, -0.2) is 19.5 Å². The standard InChI is InChI=1S/C13H11FO4S2/c1-8-9(5-12(19-8)13(15)16)7-20(17,18)11-4-2-3-10(14)6-11/h2-6H,7H2,1H3,(H,15,16). The number of hydrogen-bond acceptors (Lipinski definition) is 4. The lowest BCUT2D eigenvalue weighted by Crippen LogP contribution is -2.05. The predicted molar refractivity (Wildman–Crippen MR) is 73.3 cm³/mol. The van der Waals surface area contributed by atoms with E-state index in [1.54, 1.807) is 6.92 Å². The number of rotatable bonds is 4. The fourth-order valence-electron chi connectivity index (χ4n) is 1.72. The third-order valence-electron chi connectivity index (χ3n) is 2.73. The number of thiophene rings is 1. The molecule has 2 rings (SSSR count). The van der Waals surface area contributed by atoms with Crippen molar-refractivity contribution in [2.75, 3.05) is 0 Å². The van der Waals surface area contributed by atoms with E-state index in [0.29, 0.717) is 10.4 Å². The molecule has 0 atom stereocenters. The molecule has 106 valence electrons. The van der Waals surface area contributed by atoms with Gasteiger partial charge >= 0.3 is 5.97 Å². The van der Waals surface area contributed by atoms with Crippen LogP contribution in [0.2, 0.25) is 0 Å². The molecule has 2 aromatic rings. The third kappa shape index (κ3) is 3.05. The molecule has 0 saturated carbocycles. The molecule has 1 aromatic heterocycles. The number of carboxylic acid groups (broad SMARTS) is 1. The maximum atomic E-state index is 13.1. The second-order valence-corrected chi connectivity index (χ2v) is 7.46. The molecule has 1 N–H and O–H groups in total.